The lowest BCUT2D eigenvalue weighted by Gasteiger charge is -2.27. The zero-order valence-corrected chi connectivity index (χ0v) is 11.8. The van der Waals surface area contributed by atoms with Gasteiger partial charge in [-0.3, -0.25) is 4.79 Å². The lowest BCUT2D eigenvalue weighted by molar-refractivity contribution is -0.121. The van der Waals surface area contributed by atoms with E-state index in [0.717, 1.165) is 32.2 Å². The summed E-state index contributed by atoms with van der Waals surface area (Å²) in [6.07, 6.45) is 7.25. The highest BCUT2D eigenvalue weighted by atomic mass is 32.1. The fourth-order valence-corrected chi connectivity index (χ4v) is 3.16. The van der Waals surface area contributed by atoms with Crippen LogP contribution in [-0.4, -0.2) is 31.1 Å². The molecule has 7 nitrogen and oxygen atoms in total. The Balaban J connectivity index is 1.47. The molecule has 2 aromatic rings. The fourth-order valence-electron chi connectivity index (χ4n) is 2.63. The van der Waals surface area contributed by atoms with Crippen LogP contribution in [0.3, 0.4) is 0 Å². The van der Waals surface area contributed by atoms with Gasteiger partial charge in [-0.05, 0) is 42.0 Å². The van der Waals surface area contributed by atoms with E-state index in [1.54, 1.807) is 17.2 Å². The number of amides is 1. The van der Waals surface area contributed by atoms with Crippen molar-refractivity contribution in [2.75, 3.05) is 5.32 Å². The molecule has 1 aliphatic rings. The molecule has 1 N–H and O–H groups in total. The van der Waals surface area contributed by atoms with Crippen LogP contribution in [-0.2, 0) is 11.3 Å². The van der Waals surface area contributed by atoms with Gasteiger partial charge in [-0.15, -0.1) is 16.4 Å². The zero-order valence-electron chi connectivity index (χ0n) is 11.0. The van der Waals surface area contributed by atoms with E-state index in [1.807, 2.05) is 5.38 Å². The number of carbonyl (C=O) groups excluding carboxylic acids is 1. The summed E-state index contributed by atoms with van der Waals surface area (Å²) in [5, 5.41) is 16.6. The SMILES string of the molecule is O=C(Nc1nccs1)C1CCC(Cn2cnnn2)CC1. The van der Waals surface area contributed by atoms with Crippen molar-refractivity contribution in [2.24, 2.45) is 11.8 Å². The molecule has 0 unspecified atom stereocenters. The van der Waals surface area contributed by atoms with Gasteiger partial charge in [-0.1, -0.05) is 0 Å². The molecular formula is C12H16N6OS. The van der Waals surface area contributed by atoms with E-state index in [9.17, 15) is 4.79 Å². The number of aromatic nitrogens is 5. The lowest BCUT2D eigenvalue weighted by Crippen LogP contribution is -2.28. The molecule has 0 atom stereocenters. The van der Waals surface area contributed by atoms with E-state index in [4.69, 9.17) is 0 Å². The Kier molecular flexibility index (Phi) is 4.00. The first-order chi connectivity index (χ1) is 9.81. The topological polar surface area (TPSA) is 85.6 Å². The zero-order chi connectivity index (χ0) is 13.8. The number of tetrazole rings is 1. The Morgan fingerprint density at radius 3 is 2.90 bits per heavy atom. The summed E-state index contributed by atoms with van der Waals surface area (Å²) >= 11 is 1.45. The molecular weight excluding hydrogens is 276 g/mol. The molecule has 0 saturated heterocycles. The summed E-state index contributed by atoms with van der Waals surface area (Å²) in [7, 11) is 0. The minimum Gasteiger partial charge on any atom is -0.302 e. The molecule has 0 bridgehead atoms. The highest BCUT2D eigenvalue weighted by Crippen LogP contribution is 2.30. The third-order valence-corrected chi connectivity index (χ3v) is 4.41. The van der Waals surface area contributed by atoms with Crippen molar-refractivity contribution in [3.63, 3.8) is 0 Å². The number of nitrogens with one attached hydrogen (secondary N) is 1. The summed E-state index contributed by atoms with van der Waals surface area (Å²) < 4.78 is 1.76. The fraction of sp³-hybridized carbons (Fsp3) is 0.583. The first-order valence-electron chi connectivity index (χ1n) is 6.72. The predicted octanol–water partition coefficient (Wildman–Crippen LogP) is 1.57. The van der Waals surface area contributed by atoms with Crippen LogP contribution in [0.15, 0.2) is 17.9 Å². The molecule has 106 valence electrons. The normalized spacial score (nSPS) is 22.6. The van der Waals surface area contributed by atoms with Crippen molar-refractivity contribution in [3.8, 4) is 0 Å². The smallest absolute Gasteiger partial charge is 0.229 e. The maximum absolute atomic E-state index is 12.1. The molecule has 1 aliphatic carbocycles. The second-order valence-corrected chi connectivity index (χ2v) is 5.97. The van der Waals surface area contributed by atoms with Gasteiger partial charge in [-0.2, -0.15) is 0 Å². The van der Waals surface area contributed by atoms with Crippen molar-refractivity contribution in [2.45, 2.75) is 32.2 Å². The Morgan fingerprint density at radius 1 is 1.40 bits per heavy atom. The summed E-state index contributed by atoms with van der Waals surface area (Å²) in [6.45, 7) is 0.841. The van der Waals surface area contributed by atoms with Gasteiger partial charge in [0, 0.05) is 24.0 Å². The van der Waals surface area contributed by atoms with Gasteiger partial charge in [0.15, 0.2) is 5.13 Å². The van der Waals surface area contributed by atoms with Gasteiger partial charge in [0.1, 0.15) is 6.33 Å². The van der Waals surface area contributed by atoms with Gasteiger partial charge < -0.3 is 5.32 Å². The Labute approximate surface area is 120 Å². The molecule has 1 saturated carbocycles. The van der Waals surface area contributed by atoms with Crippen LogP contribution in [0.25, 0.3) is 0 Å². The van der Waals surface area contributed by atoms with Crippen LogP contribution in [0.2, 0.25) is 0 Å². The molecule has 2 heterocycles. The maximum Gasteiger partial charge on any atom is 0.229 e. The minimum atomic E-state index is 0.0980. The standard InChI is InChI=1S/C12H16N6OS/c19-11(15-12-13-5-6-20-12)10-3-1-9(2-4-10)7-18-8-14-16-17-18/h5-6,8-10H,1-4,7H2,(H,13,15,19). The van der Waals surface area contributed by atoms with Crippen molar-refractivity contribution in [1.82, 2.24) is 25.2 Å². The molecule has 0 aliphatic heterocycles. The first-order valence-corrected chi connectivity index (χ1v) is 7.60. The quantitative estimate of drug-likeness (QED) is 0.924. The number of carbonyl (C=O) groups is 1. The Hall–Kier alpha value is -1.83. The van der Waals surface area contributed by atoms with E-state index >= 15 is 0 Å². The number of hydrogen-bond donors (Lipinski definition) is 1. The predicted molar refractivity (Wildman–Crippen MR) is 74.0 cm³/mol. The highest BCUT2D eigenvalue weighted by Gasteiger charge is 2.27. The lowest BCUT2D eigenvalue weighted by atomic mass is 9.81. The van der Waals surface area contributed by atoms with E-state index in [-0.39, 0.29) is 11.8 Å². The molecule has 0 radical (unpaired) electrons. The molecule has 20 heavy (non-hydrogen) atoms. The molecule has 0 aromatic carbocycles. The molecule has 1 fully saturated rings. The summed E-state index contributed by atoms with van der Waals surface area (Å²) in [6, 6.07) is 0. The van der Waals surface area contributed by atoms with Crippen LogP contribution < -0.4 is 5.32 Å². The summed E-state index contributed by atoms with van der Waals surface area (Å²) in [5.41, 5.74) is 0. The van der Waals surface area contributed by atoms with Crippen LogP contribution in [0.1, 0.15) is 25.7 Å². The number of nitrogens with zero attached hydrogens (tertiary/aromatic N) is 5. The molecule has 0 spiro atoms. The molecule has 8 heteroatoms. The average Bonchev–Trinajstić information content (AvgIpc) is 3.13. The second kappa shape index (κ2) is 6.08. The van der Waals surface area contributed by atoms with Crippen molar-refractivity contribution >= 4 is 22.4 Å². The largest absolute Gasteiger partial charge is 0.302 e. The van der Waals surface area contributed by atoms with E-state index < -0.39 is 0 Å². The monoisotopic (exact) mass is 292 g/mol. The van der Waals surface area contributed by atoms with Crippen molar-refractivity contribution < 1.29 is 4.79 Å². The van der Waals surface area contributed by atoms with Gasteiger partial charge >= 0.3 is 0 Å². The number of hydrogen-bond acceptors (Lipinski definition) is 6. The molecule has 2 aromatic heterocycles. The van der Waals surface area contributed by atoms with Gasteiger partial charge in [0.2, 0.25) is 5.91 Å². The average molecular weight is 292 g/mol. The highest BCUT2D eigenvalue weighted by molar-refractivity contribution is 7.13. The number of rotatable bonds is 4. The van der Waals surface area contributed by atoms with Crippen LogP contribution >= 0.6 is 11.3 Å². The van der Waals surface area contributed by atoms with E-state index in [1.165, 1.54) is 11.3 Å². The summed E-state index contributed by atoms with van der Waals surface area (Å²) in [5.74, 6) is 0.757. The number of thiazole rings is 1. The van der Waals surface area contributed by atoms with Gasteiger partial charge in [-0.25, -0.2) is 9.67 Å². The summed E-state index contributed by atoms with van der Waals surface area (Å²) in [4.78, 5) is 16.2. The van der Waals surface area contributed by atoms with Gasteiger partial charge in [0.05, 0.1) is 0 Å². The van der Waals surface area contributed by atoms with Crippen molar-refractivity contribution in [1.29, 1.82) is 0 Å². The molecule has 3 rings (SSSR count). The van der Waals surface area contributed by atoms with Gasteiger partial charge in [0.25, 0.3) is 0 Å². The third kappa shape index (κ3) is 3.19. The van der Waals surface area contributed by atoms with E-state index in [2.05, 4.69) is 25.8 Å². The second-order valence-electron chi connectivity index (χ2n) is 5.08. The minimum absolute atomic E-state index is 0.0980. The van der Waals surface area contributed by atoms with Crippen LogP contribution in [0.4, 0.5) is 5.13 Å². The van der Waals surface area contributed by atoms with Crippen LogP contribution in [0, 0.1) is 11.8 Å². The van der Waals surface area contributed by atoms with E-state index in [0.29, 0.717) is 11.0 Å². The maximum atomic E-state index is 12.1. The van der Waals surface area contributed by atoms with Crippen molar-refractivity contribution in [3.05, 3.63) is 17.9 Å². The first kappa shape index (κ1) is 13.2. The Bertz CT molecular complexity index is 532. The number of anilines is 1. The van der Waals surface area contributed by atoms with Crippen LogP contribution in [0.5, 0.6) is 0 Å². The third-order valence-electron chi connectivity index (χ3n) is 3.72. The molecule has 1 amide bonds. The Morgan fingerprint density at radius 2 is 2.25 bits per heavy atom.